The second-order valence-corrected chi connectivity index (χ2v) is 6.81. The number of nitrogens with zero attached hydrogens (tertiary/aromatic N) is 1. The minimum absolute atomic E-state index is 0.0501. The predicted molar refractivity (Wildman–Crippen MR) is 84.3 cm³/mol. The third-order valence-corrected chi connectivity index (χ3v) is 5.41. The highest BCUT2D eigenvalue weighted by Gasteiger charge is 2.34. The molecule has 1 saturated carbocycles. The number of anilines is 1. The van der Waals surface area contributed by atoms with Gasteiger partial charge in [-0.2, -0.15) is 4.37 Å². The fraction of sp³-hybridized carbons (Fsp3) is 0.533. The van der Waals surface area contributed by atoms with E-state index in [4.69, 9.17) is 11.6 Å². The summed E-state index contributed by atoms with van der Waals surface area (Å²) in [5.41, 5.74) is 1.12. The van der Waals surface area contributed by atoms with Gasteiger partial charge in [0.1, 0.15) is 5.00 Å². The topological polar surface area (TPSA) is 24.9 Å². The largest absolute Gasteiger partial charge is 0.369 e. The molecular formula is C15H19ClN2S. The molecule has 1 N–H and O–H groups in total. The first-order chi connectivity index (χ1) is 9.22. The Labute approximate surface area is 123 Å². The Morgan fingerprint density at radius 3 is 3.11 bits per heavy atom. The molecule has 0 radical (unpaired) electrons. The van der Waals surface area contributed by atoms with Gasteiger partial charge in [0, 0.05) is 11.3 Å². The SMILES string of the molecule is CC1CCCC(CCl)(Nc2snc3ccccc23)C1. The molecule has 0 aliphatic heterocycles. The van der Waals surface area contributed by atoms with Crippen LogP contribution >= 0.6 is 23.1 Å². The molecule has 0 saturated heterocycles. The lowest BCUT2D eigenvalue weighted by Gasteiger charge is -2.39. The van der Waals surface area contributed by atoms with E-state index in [0.29, 0.717) is 5.88 Å². The van der Waals surface area contributed by atoms with Gasteiger partial charge >= 0.3 is 0 Å². The third-order valence-electron chi connectivity index (χ3n) is 4.11. The molecule has 0 bridgehead atoms. The smallest absolute Gasteiger partial charge is 0.117 e. The number of hydrogen-bond acceptors (Lipinski definition) is 3. The molecule has 0 amide bonds. The summed E-state index contributed by atoms with van der Waals surface area (Å²) >= 11 is 7.84. The molecule has 1 aromatic carbocycles. The summed E-state index contributed by atoms with van der Waals surface area (Å²) in [6.07, 6.45) is 4.90. The van der Waals surface area contributed by atoms with Crippen LogP contribution in [0.5, 0.6) is 0 Å². The maximum absolute atomic E-state index is 6.29. The van der Waals surface area contributed by atoms with E-state index in [0.717, 1.165) is 24.3 Å². The number of halogens is 1. The number of nitrogens with one attached hydrogen (secondary N) is 1. The van der Waals surface area contributed by atoms with E-state index < -0.39 is 0 Å². The first-order valence-corrected chi connectivity index (χ1v) is 8.22. The van der Waals surface area contributed by atoms with Gasteiger partial charge in [-0.15, -0.1) is 11.6 Å². The second-order valence-electron chi connectivity index (χ2n) is 5.77. The third kappa shape index (κ3) is 2.59. The van der Waals surface area contributed by atoms with E-state index in [2.05, 4.69) is 34.8 Å². The van der Waals surface area contributed by atoms with Gasteiger partial charge in [0.25, 0.3) is 0 Å². The van der Waals surface area contributed by atoms with E-state index in [9.17, 15) is 0 Å². The zero-order valence-corrected chi connectivity index (χ0v) is 12.7. The van der Waals surface area contributed by atoms with Crippen molar-refractivity contribution in [1.82, 2.24) is 4.37 Å². The number of hydrogen-bond donors (Lipinski definition) is 1. The van der Waals surface area contributed by atoms with Crippen molar-refractivity contribution >= 4 is 39.0 Å². The average Bonchev–Trinajstić information content (AvgIpc) is 2.82. The highest BCUT2D eigenvalue weighted by Crippen LogP contribution is 2.38. The lowest BCUT2D eigenvalue weighted by molar-refractivity contribution is 0.280. The highest BCUT2D eigenvalue weighted by atomic mass is 35.5. The summed E-state index contributed by atoms with van der Waals surface area (Å²) in [4.78, 5) is 0. The van der Waals surface area contributed by atoms with Crippen LogP contribution in [0.15, 0.2) is 24.3 Å². The van der Waals surface area contributed by atoms with Crippen molar-refractivity contribution < 1.29 is 0 Å². The molecule has 1 fully saturated rings. The molecular weight excluding hydrogens is 276 g/mol. The quantitative estimate of drug-likeness (QED) is 0.815. The molecule has 19 heavy (non-hydrogen) atoms. The van der Waals surface area contributed by atoms with Crippen molar-refractivity contribution in [3.05, 3.63) is 24.3 Å². The summed E-state index contributed by atoms with van der Waals surface area (Å²) in [7, 11) is 0. The van der Waals surface area contributed by atoms with Crippen LogP contribution in [0, 0.1) is 5.92 Å². The maximum atomic E-state index is 6.29. The molecule has 1 aliphatic rings. The Kier molecular flexibility index (Phi) is 3.68. The number of benzene rings is 1. The summed E-state index contributed by atoms with van der Waals surface area (Å²) in [5.74, 6) is 1.42. The predicted octanol–water partition coefficient (Wildman–Crippen LogP) is 4.90. The summed E-state index contributed by atoms with van der Waals surface area (Å²) in [6, 6.07) is 8.30. The van der Waals surface area contributed by atoms with E-state index in [1.807, 2.05) is 6.07 Å². The van der Waals surface area contributed by atoms with E-state index in [-0.39, 0.29) is 5.54 Å². The molecule has 102 valence electrons. The van der Waals surface area contributed by atoms with E-state index >= 15 is 0 Å². The first-order valence-electron chi connectivity index (χ1n) is 6.91. The molecule has 2 aromatic rings. The zero-order chi connectivity index (χ0) is 13.3. The van der Waals surface area contributed by atoms with Crippen molar-refractivity contribution in [3.63, 3.8) is 0 Å². The number of rotatable bonds is 3. The summed E-state index contributed by atoms with van der Waals surface area (Å²) < 4.78 is 4.50. The molecule has 2 atom stereocenters. The Bertz CT molecular complexity index is 568. The molecule has 2 unspecified atom stereocenters. The minimum atomic E-state index is 0.0501. The van der Waals surface area contributed by atoms with Gasteiger partial charge in [-0.3, -0.25) is 0 Å². The fourth-order valence-electron chi connectivity index (χ4n) is 3.15. The summed E-state index contributed by atoms with van der Waals surface area (Å²) in [5, 5.41) is 6.11. The van der Waals surface area contributed by atoms with Crippen molar-refractivity contribution in [2.24, 2.45) is 5.92 Å². The minimum Gasteiger partial charge on any atom is -0.369 e. The molecule has 2 nitrogen and oxygen atoms in total. The first kappa shape index (κ1) is 13.2. The number of aromatic nitrogens is 1. The Balaban J connectivity index is 1.90. The van der Waals surface area contributed by atoms with Gasteiger partial charge in [0.2, 0.25) is 0 Å². The second kappa shape index (κ2) is 5.29. The van der Waals surface area contributed by atoms with E-state index in [1.54, 1.807) is 11.5 Å². The van der Waals surface area contributed by atoms with Crippen molar-refractivity contribution in [3.8, 4) is 0 Å². The van der Waals surface area contributed by atoms with Gasteiger partial charge in [-0.25, -0.2) is 0 Å². The Hall–Kier alpha value is -0.800. The molecule has 1 aliphatic carbocycles. The van der Waals surface area contributed by atoms with Gasteiger partial charge in [-0.1, -0.05) is 31.9 Å². The Morgan fingerprint density at radius 2 is 2.32 bits per heavy atom. The van der Waals surface area contributed by atoms with Crippen LogP contribution in [-0.4, -0.2) is 15.8 Å². The van der Waals surface area contributed by atoms with Crippen LogP contribution in [0.4, 0.5) is 5.00 Å². The lowest BCUT2D eigenvalue weighted by atomic mass is 9.77. The van der Waals surface area contributed by atoms with Crippen LogP contribution in [0.25, 0.3) is 10.9 Å². The zero-order valence-electron chi connectivity index (χ0n) is 11.2. The van der Waals surface area contributed by atoms with Gasteiger partial charge in [-0.05, 0) is 42.4 Å². The normalized spacial score (nSPS) is 27.6. The average molecular weight is 295 g/mol. The van der Waals surface area contributed by atoms with Crippen LogP contribution < -0.4 is 5.32 Å². The number of fused-ring (bicyclic) bond motifs is 1. The van der Waals surface area contributed by atoms with Gasteiger partial charge in [0.05, 0.1) is 11.1 Å². The van der Waals surface area contributed by atoms with Gasteiger partial charge in [0.15, 0.2) is 0 Å². The van der Waals surface area contributed by atoms with Crippen LogP contribution in [0.3, 0.4) is 0 Å². The van der Waals surface area contributed by atoms with Crippen molar-refractivity contribution in [2.45, 2.75) is 38.1 Å². The summed E-state index contributed by atoms with van der Waals surface area (Å²) in [6.45, 7) is 2.33. The Morgan fingerprint density at radius 1 is 1.47 bits per heavy atom. The molecule has 0 spiro atoms. The molecule has 1 heterocycles. The van der Waals surface area contributed by atoms with E-state index in [1.165, 1.54) is 23.2 Å². The fourth-order valence-corrected chi connectivity index (χ4v) is 4.34. The lowest BCUT2D eigenvalue weighted by Crippen LogP contribution is -2.44. The van der Waals surface area contributed by atoms with Crippen LogP contribution in [-0.2, 0) is 0 Å². The molecule has 3 rings (SSSR count). The van der Waals surface area contributed by atoms with Gasteiger partial charge < -0.3 is 5.32 Å². The maximum Gasteiger partial charge on any atom is 0.117 e. The number of alkyl halides is 1. The van der Waals surface area contributed by atoms with Crippen molar-refractivity contribution in [2.75, 3.05) is 11.2 Å². The molecule has 1 aromatic heterocycles. The monoisotopic (exact) mass is 294 g/mol. The van der Waals surface area contributed by atoms with Crippen molar-refractivity contribution in [1.29, 1.82) is 0 Å². The molecule has 4 heteroatoms. The standard InChI is InChI=1S/C15H19ClN2S/c1-11-5-4-8-15(9-11,10-16)17-14-12-6-2-3-7-13(12)18-19-14/h2-3,6-7,11,17H,4-5,8-10H2,1H3. The highest BCUT2D eigenvalue weighted by molar-refractivity contribution is 7.11. The van der Waals surface area contributed by atoms with Crippen LogP contribution in [0.1, 0.15) is 32.6 Å². The van der Waals surface area contributed by atoms with Crippen LogP contribution in [0.2, 0.25) is 0 Å².